The lowest BCUT2D eigenvalue weighted by Gasteiger charge is -2.32. The molecule has 1 heterocycles. The molecule has 1 aliphatic heterocycles. The van der Waals surface area contributed by atoms with Crippen molar-refractivity contribution in [3.8, 4) is 0 Å². The summed E-state index contributed by atoms with van der Waals surface area (Å²) in [5.74, 6) is -2.91. The third-order valence-corrected chi connectivity index (χ3v) is 4.45. The van der Waals surface area contributed by atoms with Gasteiger partial charge in [0.05, 0.1) is 21.3 Å². The van der Waals surface area contributed by atoms with E-state index < -0.39 is 35.5 Å². The van der Waals surface area contributed by atoms with E-state index in [-0.39, 0.29) is 5.92 Å². The van der Waals surface area contributed by atoms with Gasteiger partial charge in [-0.3, -0.25) is 0 Å². The number of esters is 3. The lowest BCUT2D eigenvalue weighted by atomic mass is 9.70. The van der Waals surface area contributed by atoms with Gasteiger partial charge in [0.15, 0.2) is 6.10 Å². The highest BCUT2D eigenvalue weighted by atomic mass is 16.6. The van der Waals surface area contributed by atoms with Crippen molar-refractivity contribution in [3.05, 3.63) is 0 Å². The average Bonchev–Trinajstić information content (AvgIpc) is 2.89. The van der Waals surface area contributed by atoms with Crippen LogP contribution in [0.2, 0.25) is 0 Å². The van der Waals surface area contributed by atoms with E-state index >= 15 is 0 Å². The average molecular weight is 300 g/mol. The number of ether oxygens (including phenoxy) is 4. The van der Waals surface area contributed by atoms with Crippen LogP contribution in [0.25, 0.3) is 0 Å². The predicted octanol–water partition coefficient (Wildman–Crippen LogP) is 0.449. The Morgan fingerprint density at radius 2 is 1.52 bits per heavy atom. The Morgan fingerprint density at radius 3 is 2.05 bits per heavy atom. The van der Waals surface area contributed by atoms with Crippen molar-refractivity contribution in [2.24, 2.45) is 11.8 Å². The highest BCUT2D eigenvalue weighted by Crippen LogP contribution is 2.50. The Morgan fingerprint density at radius 1 is 0.952 bits per heavy atom. The predicted molar refractivity (Wildman–Crippen MR) is 69.1 cm³/mol. The summed E-state index contributed by atoms with van der Waals surface area (Å²) in [5, 5.41) is 0. The van der Waals surface area contributed by atoms with E-state index in [1.807, 2.05) is 0 Å². The van der Waals surface area contributed by atoms with E-state index in [2.05, 4.69) is 0 Å². The van der Waals surface area contributed by atoms with Gasteiger partial charge in [-0.1, -0.05) is 12.8 Å². The third kappa shape index (κ3) is 2.29. The van der Waals surface area contributed by atoms with E-state index in [0.717, 1.165) is 12.8 Å². The summed E-state index contributed by atoms with van der Waals surface area (Å²) in [5.41, 5.74) is -1.87. The summed E-state index contributed by atoms with van der Waals surface area (Å²) in [6.07, 6.45) is 2.12. The first-order valence-corrected chi connectivity index (χ1v) is 6.95. The van der Waals surface area contributed by atoms with Crippen LogP contribution in [-0.2, 0) is 33.3 Å². The molecule has 118 valence electrons. The summed E-state index contributed by atoms with van der Waals surface area (Å²) in [4.78, 5) is 36.4. The Balaban J connectivity index is 2.46. The van der Waals surface area contributed by atoms with Crippen molar-refractivity contribution < 1.29 is 33.3 Å². The van der Waals surface area contributed by atoms with Gasteiger partial charge >= 0.3 is 17.9 Å². The van der Waals surface area contributed by atoms with Crippen molar-refractivity contribution in [2.45, 2.75) is 37.4 Å². The second kappa shape index (κ2) is 6.01. The van der Waals surface area contributed by atoms with E-state index in [4.69, 9.17) is 18.9 Å². The molecule has 0 aromatic heterocycles. The van der Waals surface area contributed by atoms with Crippen LogP contribution in [-0.4, -0.2) is 50.9 Å². The van der Waals surface area contributed by atoms with Gasteiger partial charge in [0.2, 0.25) is 0 Å². The fraction of sp³-hybridized carbons (Fsp3) is 0.786. The maximum absolute atomic E-state index is 12.2. The molecule has 0 spiro atoms. The van der Waals surface area contributed by atoms with Crippen molar-refractivity contribution in [3.63, 3.8) is 0 Å². The Kier molecular flexibility index (Phi) is 4.51. The van der Waals surface area contributed by atoms with Gasteiger partial charge in [-0.25, -0.2) is 14.4 Å². The van der Waals surface area contributed by atoms with E-state index in [9.17, 15) is 14.4 Å². The van der Waals surface area contributed by atoms with Crippen LogP contribution in [0.15, 0.2) is 0 Å². The smallest absolute Gasteiger partial charge is 0.350 e. The molecule has 21 heavy (non-hydrogen) atoms. The van der Waals surface area contributed by atoms with Crippen molar-refractivity contribution in [2.75, 3.05) is 21.3 Å². The molecular formula is C14H20O7. The van der Waals surface area contributed by atoms with Gasteiger partial charge in [-0.05, 0) is 12.8 Å². The molecule has 0 radical (unpaired) electrons. The quantitative estimate of drug-likeness (QED) is 0.425. The molecule has 0 unspecified atom stereocenters. The molecule has 2 aliphatic rings. The molecule has 0 aromatic carbocycles. The van der Waals surface area contributed by atoms with Crippen molar-refractivity contribution >= 4 is 17.9 Å². The standard InChI is InChI=1S/C14H20O7/c1-18-11(15)10-8-6-4-5-7-9(8)14(21-10,12(16)19-2)13(17)20-3/h8-10H,4-7H2,1-3H3/t8-,9+,10+/m1/s1. The molecule has 3 atom stereocenters. The number of fused-ring (bicyclic) bond motifs is 1. The minimum Gasteiger partial charge on any atom is -0.467 e. The minimum atomic E-state index is -1.87. The number of hydrogen-bond donors (Lipinski definition) is 0. The van der Waals surface area contributed by atoms with Crippen LogP contribution in [0.4, 0.5) is 0 Å². The van der Waals surface area contributed by atoms with Crippen LogP contribution in [0, 0.1) is 11.8 Å². The molecule has 0 bridgehead atoms. The van der Waals surface area contributed by atoms with E-state index in [0.29, 0.717) is 12.8 Å². The molecule has 7 heteroatoms. The largest absolute Gasteiger partial charge is 0.467 e. The number of carbonyl (C=O) groups excluding carboxylic acids is 3. The summed E-state index contributed by atoms with van der Waals surface area (Å²) < 4.78 is 19.9. The monoisotopic (exact) mass is 300 g/mol. The second-order valence-electron chi connectivity index (χ2n) is 5.34. The molecular weight excluding hydrogens is 280 g/mol. The van der Waals surface area contributed by atoms with E-state index in [1.165, 1.54) is 21.3 Å². The molecule has 2 rings (SSSR count). The lowest BCUT2D eigenvalue weighted by molar-refractivity contribution is -0.193. The molecule has 0 N–H and O–H groups in total. The zero-order valence-electron chi connectivity index (χ0n) is 12.4. The highest BCUT2D eigenvalue weighted by molar-refractivity contribution is 6.05. The first-order chi connectivity index (χ1) is 10.0. The van der Waals surface area contributed by atoms with Crippen molar-refractivity contribution in [1.29, 1.82) is 0 Å². The number of hydrogen-bond acceptors (Lipinski definition) is 7. The highest BCUT2D eigenvalue weighted by Gasteiger charge is 2.67. The van der Waals surface area contributed by atoms with Gasteiger partial charge in [-0.2, -0.15) is 0 Å². The Labute approximate surface area is 122 Å². The van der Waals surface area contributed by atoms with Crippen LogP contribution >= 0.6 is 0 Å². The fourth-order valence-corrected chi connectivity index (χ4v) is 3.53. The zero-order chi connectivity index (χ0) is 15.6. The van der Waals surface area contributed by atoms with Gasteiger partial charge in [0.25, 0.3) is 5.60 Å². The van der Waals surface area contributed by atoms with Crippen LogP contribution < -0.4 is 0 Å². The first-order valence-electron chi connectivity index (χ1n) is 6.95. The lowest BCUT2D eigenvalue weighted by Crippen LogP contribution is -2.54. The molecule has 7 nitrogen and oxygen atoms in total. The first kappa shape index (κ1) is 15.8. The molecule has 1 saturated heterocycles. The third-order valence-electron chi connectivity index (χ3n) is 4.45. The molecule has 1 saturated carbocycles. The Bertz CT molecular complexity index is 429. The zero-order valence-corrected chi connectivity index (χ0v) is 12.4. The van der Waals surface area contributed by atoms with Crippen LogP contribution in [0.3, 0.4) is 0 Å². The fourth-order valence-electron chi connectivity index (χ4n) is 3.53. The number of rotatable bonds is 3. The Hall–Kier alpha value is -1.63. The van der Waals surface area contributed by atoms with Gasteiger partial charge < -0.3 is 18.9 Å². The van der Waals surface area contributed by atoms with Gasteiger partial charge in [0, 0.05) is 11.8 Å². The van der Waals surface area contributed by atoms with Crippen LogP contribution in [0.1, 0.15) is 25.7 Å². The summed E-state index contributed by atoms with van der Waals surface area (Å²) in [7, 11) is 3.61. The molecule has 0 aromatic rings. The molecule has 2 fully saturated rings. The number of carbonyl (C=O) groups is 3. The molecule has 1 aliphatic carbocycles. The number of methoxy groups -OCH3 is 3. The maximum Gasteiger partial charge on any atom is 0.350 e. The van der Waals surface area contributed by atoms with Crippen LogP contribution in [0.5, 0.6) is 0 Å². The summed E-state index contributed by atoms with van der Waals surface area (Å²) in [6.45, 7) is 0. The molecule has 0 amide bonds. The normalized spacial score (nSPS) is 30.1. The summed E-state index contributed by atoms with van der Waals surface area (Å²) in [6, 6.07) is 0. The SMILES string of the molecule is COC(=O)[C@H]1OC(C(=O)OC)(C(=O)OC)[C@H]2CCCC[C@@H]12. The second-order valence-corrected chi connectivity index (χ2v) is 5.34. The van der Waals surface area contributed by atoms with Crippen molar-refractivity contribution in [1.82, 2.24) is 0 Å². The van der Waals surface area contributed by atoms with Gasteiger partial charge in [-0.15, -0.1) is 0 Å². The topological polar surface area (TPSA) is 88.1 Å². The minimum absolute atomic E-state index is 0.246. The maximum atomic E-state index is 12.2. The van der Waals surface area contributed by atoms with Gasteiger partial charge in [0.1, 0.15) is 0 Å². The van der Waals surface area contributed by atoms with E-state index in [1.54, 1.807) is 0 Å². The summed E-state index contributed by atoms with van der Waals surface area (Å²) >= 11 is 0.